The number of hydrogen-bond acceptors (Lipinski definition) is 6. The van der Waals surface area contributed by atoms with Gasteiger partial charge in [-0.25, -0.2) is 4.98 Å². The highest BCUT2D eigenvalue weighted by Crippen LogP contribution is 2.45. The Morgan fingerprint density at radius 3 is 2.95 bits per heavy atom. The molecule has 39 heavy (non-hydrogen) atoms. The predicted octanol–water partition coefficient (Wildman–Crippen LogP) is 4.68. The molecule has 3 aliphatic rings. The van der Waals surface area contributed by atoms with E-state index in [1.165, 1.54) is 17.2 Å². The molecule has 3 unspecified atom stereocenters. The third-order valence-corrected chi connectivity index (χ3v) is 9.73. The number of likely N-dealkylation sites (tertiary alicyclic amines) is 1. The van der Waals surface area contributed by atoms with Crippen LogP contribution in [0.2, 0.25) is 0 Å². The molecule has 2 aromatic heterocycles. The molecule has 1 amide bonds. The highest BCUT2D eigenvalue weighted by Gasteiger charge is 2.40. The lowest BCUT2D eigenvalue weighted by Crippen LogP contribution is -2.43. The molecule has 4 atom stereocenters. The second-order valence-electron chi connectivity index (χ2n) is 10.7. The van der Waals surface area contributed by atoms with Gasteiger partial charge >= 0.3 is 6.18 Å². The number of aryl methyl sites for hydroxylation is 1. The van der Waals surface area contributed by atoms with Crippen molar-refractivity contribution in [1.82, 2.24) is 25.2 Å². The van der Waals surface area contributed by atoms with Crippen LogP contribution in [0.1, 0.15) is 53.4 Å². The number of ether oxygens (including phenoxy) is 1. The van der Waals surface area contributed by atoms with E-state index in [4.69, 9.17) is 4.74 Å². The summed E-state index contributed by atoms with van der Waals surface area (Å²) < 4.78 is 46.0. The number of carbonyl (C=O) groups excluding carboxylic acids is 1. The van der Waals surface area contributed by atoms with E-state index >= 15 is 0 Å². The first-order chi connectivity index (χ1) is 18.8. The number of benzene rings is 1. The van der Waals surface area contributed by atoms with E-state index in [1.807, 2.05) is 24.2 Å². The fourth-order valence-corrected chi connectivity index (χ4v) is 7.84. The largest absolute Gasteiger partial charge is 0.418 e. The Labute approximate surface area is 229 Å². The molecular formula is C28H32F3N5O2S. The third kappa shape index (κ3) is 5.81. The van der Waals surface area contributed by atoms with Crippen LogP contribution in [0.4, 0.5) is 13.2 Å². The van der Waals surface area contributed by atoms with Crippen molar-refractivity contribution in [2.45, 2.75) is 67.3 Å². The van der Waals surface area contributed by atoms with Crippen LogP contribution in [0.3, 0.4) is 0 Å². The lowest BCUT2D eigenvalue weighted by atomic mass is 10.1. The molecule has 0 spiro atoms. The summed E-state index contributed by atoms with van der Waals surface area (Å²) in [5.74, 6) is -0.00674. The van der Waals surface area contributed by atoms with E-state index in [0.717, 1.165) is 64.5 Å². The highest BCUT2D eigenvalue weighted by molar-refractivity contribution is 8.00. The van der Waals surface area contributed by atoms with Crippen LogP contribution in [0, 0.1) is 0 Å². The zero-order chi connectivity index (χ0) is 27.0. The number of carbonyl (C=O) groups is 1. The van der Waals surface area contributed by atoms with Crippen LogP contribution < -0.4 is 5.32 Å². The number of imidazole rings is 1. The number of fused-ring (bicyclic) bond motifs is 2. The molecule has 11 heteroatoms. The van der Waals surface area contributed by atoms with Gasteiger partial charge in [0.2, 0.25) is 5.91 Å². The average Bonchev–Trinajstić information content (AvgIpc) is 3.54. The fraction of sp³-hybridized carbons (Fsp3) is 0.536. The molecule has 7 nitrogen and oxygen atoms in total. The minimum atomic E-state index is -4.51. The molecule has 208 valence electrons. The number of halogens is 3. The predicted molar refractivity (Wildman–Crippen MR) is 143 cm³/mol. The molecule has 6 rings (SSSR count). The van der Waals surface area contributed by atoms with Gasteiger partial charge < -0.3 is 15.0 Å². The molecule has 3 aromatic rings. The van der Waals surface area contributed by atoms with Crippen LogP contribution in [-0.4, -0.2) is 69.4 Å². The van der Waals surface area contributed by atoms with Crippen LogP contribution in [0.5, 0.6) is 0 Å². The monoisotopic (exact) mass is 559 g/mol. The molecule has 1 aromatic carbocycles. The number of nitrogens with one attached hydrogen (secondary N) is 2. The van der Waals surface area contributed by atoms with Crippen LogP contribution in [0.15, 0.2) is 36.7 Å². The summed E-state index contributed by atoms with van der Waals surface area (Å²) in [4.78, 5) is 27.1. The Morgan fingerprint density at radius 1 is 1.18 bits per heavy atom. The van der Waals surface area contributed by atoms with Gasteiger partial charge in [0.1, 0.15) is 11.3 Å². The molecule has 4 heterocycles. The van der Waals surface area contributed by atoms with Crippen LogP contribution in [-0.2, 0) is 28.5 Å². The van der Waals surface area contributed by atoms with Crippen molar-refractivity contribution in [1.29, 1.82) is 0 Å². The number of nitrogens with zero attached hydrogens (tertiary/aromatic N) is 3. The molecule has 2 N–H and O–H groups in total. The van der Waals surface area contributed by atoms with Gasteiger partial charge in [0, 0.05) is 55.2 Å². The smallest absolute Gasteiger partial charge is 0.381 e. The number of amides is 1. The van der Waals surface area contributed by atoms with Gasteiger partial charge in [-0.05, 0) is 61.4 Å². The third-order valence-electron chi connectivity index (χ3n) is 8.08. The summed E-state index contributed by atoms with van der Waals surface area (Å²) in [5.41, 5.74) is 1.96. The normalized spacial score (nSPS) is 26.0. The topological polar surface area (TPSA) is 83.1 Å². The molecule has 2 fully saturated rings. The van der Waals surface area contributed by atoms with Gasteiger partial charge in [-0.15, -0.1) is 11.8 Å². The van der Waals surface area contributed by atoms with Gasteiger partial charge in [-0.3, -0.25) is 14.7 Å². The van der Waals surface area contributed by atoms with Gasteiger partial charge in [0.15, 0.2) is 0 Å². The number of para-hydroxylation sites is 1. The Morgan fingerprint density at radius 2 is 2.08 bits per heavy atom. The number of alkyl halides is 3. The number of rotatable bonds is 6. The van der Waals surface area contributed by atoms with Gasteiger partial charge in [0.05, 0.1) is 23.5 Å². The molecule has 1 aliphatic carbocycles. The second-order valence-corrected chi connectivity index (χ2v) is 12.1. The second kappa shape index (κ2) is 11.1. The Kier molecular flexibility index (Phi) is 7.56. The first-order valence-corrected chi connectivity index (χ1v) is 14.5. The zero-order valence-electron chi connectivity index (χ0n) is 21.5. The van der Waals surface area contributed by atoms with E-state index in [1.54, 1.807) is 6.07 Å². The Bertz CT molecular complexity index is 1320. The summed E-state index contributed by atoms with van der Waals surface area (Å²) in [6, 6.07) is 6.35. The standard InChI is InChI=1S/C28H32F3N5O2S/c29-28(30,31)20-4-1-5-21-27(20)35-25(33-21)13-26(37)34-22-15-36(18-3-2-11-38-12-9-18)16-24(22)39-23-7-6-17-8-10-32-14-19(17)23/h1,4-5,8,10,14,18,22-24H,2-3,6-7,9,11-13,15-16H2,(H,33,35)(H,34,37)/t18?,22?,23?,24-/m0/s1. The molecular weight excluding hydrogens is 527 g/mol. The lowest BCUT2D eigenvalue weighted by Gasteiger charge is -2.26. The number of aromatic nitrogens is 3. The molecule has 0 saturated carbocycles. The lowest BCUT2D eigenvalue weighted by molar-refractivity contribution is -0.136. The van der Waals surface area contributed by atoms with E-state index in [2.05, 4.69) is 31.2 Å². The zero-order valence-corrected chi connectivity index (χ0v) is 22.4. The first-order valence-electron chi connectivity index (χ1n) is 13.6. The van der Waals surface area contributed by atoms with Crippen molar-refractivity contribution in [2.75, 3.05) is 26.3 Å². The van der Waals surface area contributed by atoms with E-state index in [0.29, 0.717) is 11.3 Å². The summed E-state index contributed by atoms with van der Waals surface area (Å²) >= 11 is 1.92. The van der Waals surface area contributed by atoms with E-state index < -0.39 is 11.7 Å². The molecule has 2 saturated heterocycles. The van der Waals surface area contributed by atoms with Gasteiger partial charge in [-0.1, -0.05) is 6.07 Å². The summed E-state index contributed by atoms with van der Waals surface area (Å²) in [6.07, 6.45) is 4.38. The minimum Gasteiger partial charge on any atom is -0.381 e. The highest BCUT2D eigenvalue weighted by atomic mass is 32.2. The van der Waals surface area contributed by atoms with Crippen molar-refractivity contribution in [3.8, 4) is 0 Å². The number of thioether (sulfide) groups is 1. The quantitative estimate of drug-likeness (QED) is 0.457. The van der Waals surface area contributed by atoms with E-state index in [-0.39, 0.29) is 40.5 Å². The Hall–Kier alpha value is -2.63. The average molecular weight is 560 g/mol. The maximum Gasteiger partial charge on any atom is 0.418 e. The first kappa shape index (κ1) is 26.6. The van der Waals surface area contributed by atoms with Crippen molar-refractivity contribution in [2.24, 2.45) is 0 Å². The summed E-state index contributed by atoms with van der Waals surface area (Å²) in [6.45, 7) is 3.18. The van der Waals surface area contributed by atoms with Crippen molar-refractivity contribution < 1.29 is 22.7 Å². The number of hydrogen-bond donors (Lipinski definition) is 2. The number of pyridine rings is 1. The van der Waals surface area contributed by atoms with E-state index in [9.17, 15) is 18.0 Å². The van der Waals surface area contributed by atoms with Gasteiger partial charge in [-0.2, -0.15) is 13.2 Å². The number of aromatic amines is 1. The molecule has 0 bridgehead atoms. The van der Waals surface area contributed by atoms with Gasteiger partial charge in [0.25, 0.3) is 0 Å². The van der Waals surface area contributed by atoms with Crippen molar-refractivity contribution in [3.05, 3.63) is 59.2 Å². The maximum absolute atomic E-state index is 13.4. The Balaban J connectivity index is 1.17. The summed E-state index contributed by atoms with van der Waals surface area (Å²) in [5, 5.41) is 3.75. The number of H-pyrrole nitrogens is 1. The van der Waals surface area contributed by atoms with Crippen molar-refractivity contribution in [3.63, 3.8) is 0 Å². The van der Waals surface area contributed by atoms with Crippen molar-refractivity contribution >= 4 is 28.7 Å². The van der Waals surface area contributed by atoms with Crippen LogP contribution in [0.25, 0.3) is 11.0 Å². The SMILES string of the molecule is O=C(Cc1nc2c(C(F)(F)F)cccc2[nH]1)NC1CN(C2CCCOCC2)C[C@@H]1SC1CCc2ccncc21. The molecule has 0 radical (unpaired) electrons. The maximum atomic E-state index is 13.4. The van der Waals surface area contributed by atoms with Crippen LogP contribution >= 0.6 is 11.8 Å². The fourth-order valence-electron chi connectivity index (χ4n) is 6.18. The minimum absolute atomic E-state index is 0.0671. The summed E-state index contributed by atoms with van der Waals surface area (Å²) in [7, 11) is 0. The molecule has 2 aliphatic heterocycles.